The fraction of sp³-hybridized carbons (Fsp3) is 1.00. The van der Waals surface area contributed by atoms with Gasteiger partial charge in [-0.15, -0.1) is 0 Å². The lowest BCUT2D eigenvalue weighted by Gasteiger charge is -2.40. The molecule has 0 aromatic rings. The van der Waals surface area contributed by atoms with E-state index in [2.05, 4.69) is 20.8 Å². The van der Waals surface area contributed by atoms with Crippen LogP contribution in [0.1, 0.15) is 27.2 Å². The van der Waals surface area contributed by atoms with Gasteiger partial charge >= 0.3 is 0 Å². The molecule has 0 bridgehead atoms. The Bertz CT molecular complexity index is 282. The van der Waals surface area contributed by atoms with Gasteiger partial charge in [-0.1, -0.05) is 20.8 Å². The summed E-state index contributed by atoms with van der Waals surface area (Å²) in [6.45, 7) is 7.71. The summed E-state index contributed by atoms with van der Waals surface area (Å²) in [4.78, 5) is 0. The summed E-state index contributed by atoms with van der Waals surface area (Å²) in [5, 5.41) is 0. The molecule has 0 aliphatic carbocycles. The van der Waals surface area contributed by atoms with Crippen LogP contribution in [0.5, 0.6) is 0 Å². The first kappa shape index (κ1) is 11.0. The van der Waals surface area contributed by atoms with Crippen LogP contribution < -0.4 is 0 Å². The summed E-state index contributed by atoms with van der Waals surface area (Å²) in [6.07, 6.45) is 2.40. The lowest BCUT2D eigenvalue weighted by atomic mass is 9.80. The Kier molecular flexibility index (Phi) is 2.74. The summed E-state index contributed by atoms with van der Waals surface area (Å²) >= 11 is 0. The van der Waals surface area contributed by atoms with Crippen LogP contribution in [0, 0.1) is 11.3 Å². The normalized spacial score (nSPS) is 30.3. The SMILES string of the molecule is CC1CN(S(C)(=O)=O)CC(C)(C)C1. The molecule has 1 fully saturated rings. The maximum atomic E-state index is 11.3. The molecular weight excluding hydrogens is 186 g/mol. The minimum Gasteiger partial charge on any atom is -0.213 e. The van der Waals surface area contributed by atoms with E-state index in [9.17, 15) is 8.42 Å². The Morgan fingerprint density at radius 3 is 2.31 bits per heavy atom. The summed E-state index contributed by atoms with van der Waals surface area (Å²) in [5.74, 6) is 0.471. The van der Waals surface area contributed by atoms with Gasteiger partial charge in [0.15, 0.2) is 0 Å². The molecule has 1 saturated heterocycles. The molecule has 13 heavy (non-hydrogen) atoms. The van der Waals surface area contributed by atoms with Gasteiger partial charge in [0.2, 0.25) is 10.0 Å². The molecule has 0 saturated carbocycles. The average molecular weight is 205 g/mol. The van der Waals surface area contributed by atoms with Crippen molar-refractivity contribution in [1.82, 2.24) is 4.31 Å². The summed E-state index contributed by atoms with van der Waals surface area (Å²) < 4.78 is 24.3. The quantitative estimate of drug-likeness (QED) is 0.647. The third kappa shape index (κ3) is 2.95. The van der Waals surface area contributed by atoms with Crippen molar-refractivity contribution in [3.63, 3.8) is 0 Å². The molecule has 0 radical (unpaired) electrons. The van der Waals surface area contributed by atoms with Gasteiger partial charge in [0.05, 0.1) is 6.26 Å². The maximum absolute atomic E-state index is 11.3. The Balaban J connectivity index is 2.81. The fourth-order valence-corrected chi connectivity index (χ4v) is 3.32. The van der Waals surface area contributed by atoms with E-state index < -0.39 is 10.0 Å². The van der Waals surface area contributed by atoms with Crippen LogP contribution in [0.2, 0.25) is 0 Å². The molecule has 4 heteroatoms. The highest BCUT2D eigenvalue weighted by Crippen LogP contribution is 2.32. The molecule has 1 atom stereocenters. The number of nitrogens with zero attached hydrogens (tertiary/aromatic N) is 1. The average Bonchev–Trinajstić information content (AvgIpc) is 1.79. The van der Waals surface area contributed by atoms with Gasteiger partial charge in [-0.05, 0) is 17.8 Å². The van der Waals surface area contributed by atoms with Gasteiger partial charge in [0, 0.05) is 13.1 Å². The van der Waals surface area contributed by atoms with Gasteiger partial charge in [0.25, 0.3) is 0 Å². The van der Waals surface area contributed by atoms with Crippen molar-refractivity contribution in [3.8, 4) is 0 Å². The number of hydrogen-bond acceptors (Lipinski definition) is 2. The minimum absolute atomic E-state index is 0.126. The van der Waals surface area contributed by atoms with Crippen LogP contribution in [0.15, 0.2) is 0 Å². The zero-order chi connectivity index (χ0) is 10.3. The second kappa shape index (κ2) is 3.24. The van der Waals surface area contributed by atoms with Crippen LogP contribution in [0.4, 0.5) is 0 Å². The number of hydrogen-bond donors (Lipinski definition) is 0. The van der Waals surface area contributed by atoms with Crippen molar-refractivity contribution in [2.45, 2.75) is 27.2 Å². The van der Waals surface area contributed by atoms with Crippen molar-refractivity contribution < 1.29 is 8.42 Å². The lowest BCUT2D eigenvalue weighted by molar-refractivity contribution is 0.141. The lowest BCUT2D eigenvalue weighted by Crippen LogP contribution is -2.46. The van der Waals surface area contributed by atoms with E-state index in [1.165, 1.54) is 6.26 Å². The molecular formula is C9H19NO2S. The van der Waals surface area contributed by atoms with E-state index in [0.29, 0.717) is 19.0 Å². The molecule has 1 rings (SSSR count). The molecule has 1 aliphatic rings. The van der Waals surface area contributed by atoms with E-state index in [1.54, 1.807) is 4.31 Å². The summed E-state index contributed by atoms with van der Waals surface area (Å²) in [7, 11) is -3.00. The smallest absolute Gasteiger partial charge is 0.211 e. The van der Waals surface area contributed by atoms with Crippen molar-refractivity contribution in [2.75, 3.05) is 19.3 Å². The molecule has 0 aromatic carbocycles. The predicted octanol–water partition coefficient (Wildman–Crippen LogP) is 1.31. The van der Waals surface area contributed by atoms with Crippen LogP contribution in [-0.2, 0) is 10.0 Å². The first-order valence-corrected chi connectivity index (χ1v) is 6.51. The highest BCUT2D eigenvalue weighted by Gasteiger charge is 2.34. The zero-order valence-corrected chi connectivity index (χ0v) is 9.69. The molecule has 0 spiro atoms. The van der Waals surface area contributed by atoms with Crippen LogP contribution in [-0.4, -0.2) is 32.1 Å². The van der Waals surface area contributed by atoms with E-state index in [4.69, 9.17) is 0 Å². The van der Waals surface area contributed by atoms with Gasteiger partial charge in [-0.2, -0.15) is 0 Å². The second-order valence-electron chi connectivity index (χ2n) is 5.03. The molecule has 0 aromatic heterocycles. The van der Waals surface area contributed by atoms with Crippen molar-refractivity contribution in [1.29, 1.82) is 0 Å². The number of sulfonamides is 1. The van der Waals surface area contributed by atoms with Crippen molar-refractivity contribution in [3.05, 3.63) is 0 Å². The maximum Gasteiger partial charge on any atom is 0.211 e. The molecule has 0 amide bonds. The van der Waals surface area contributed by atoms with E-state index in [1.807, 2.05) is 0 Å². The Labute approximate surface area is 81.2 Å². The summed E-state index contributed by atoms with van der Waals surface area (Å²) in [6, 6.07) is 0. The molecule has 1 unspecified atom stereocenters. The van der Waals surface area contributed by atoms with E-state index in [-0.39, 0.29) is 5.41 Å². The first-order chi connectivity index (χ1) is 5.71. The standard InChI is InChI=1S/C9H19NO2S/c1-8-5-9(2,3)7-10(6-8)13(4,11)12/h8H,5-7H2,1-4H3. The molecule has 1 aliphatic heterocycles. The molecule has 0 N–H and O–H groups in total. The summed E-state index contributed by atoms with van der Waals surface area (Å²) in [5.41, 5.74) is 0.126. The Hall–Kier alpha value is -0.0900. The number of rotatable bonds is 1. The van der Waals surface area contributed by atoms with Crippen LogP contribution in [0.3, 0.4) is 0 Å². The second-order valence-corrected chi connectivity index (χ2v) is 7.01. The third-order valence-corrected chi connectivity index (χ3v) is 3.71. The third-order valence-electron chi connectivity index (χ3n) is 2.49. The van der Waals surface area contributed by atoms with Gasteiger partial charge in [-0.3, -0.25) is 0 Å². The van der Waals surface area contributed by atoms with Crippen LogP contribution in [0.25, 0.3) is 0 Å². The topological polar surface area (TPSA) is 37.4 Å². The minimum atomic E-state index is -3.00. The Morgan fingerprint density at radius 1 is 1.38 bits per heavy atom. The largest absolute Gasteiger partial charge is 0.213 e. The van der Waals surface area contributed by atoms with Gasteiger partial charge in [0.1, 0.15) is 0 Å². The molecule has 1 heterocycles. The van der Waals surface area contributed by atoms with Crippen LogP contribution >= 0.6 is 0 Å². The van der Waals surface area contributed by atoms with Crippen molar-refractivity contribution in [2.24, 2.45) is 11.3 Å². The molecule has 3 nitrogen and oxygen atoms in total. The first-order valence-electron chi connectivity index (χ1n) is 4.66. The Morgan fingerprint density at radius 2 is 1.92 bits per heavy atom. The number of piperidine rings is 1. The van der Waals surface area contributed by atoms with E-state index in [0.717, 1.165) is 6.42 Å². The monoisotopic (exact) mass is 205 g/mol. The van der Waals surface area contributed by atoms with Crippen molar-refractivity contribution >= 4 is 10.0 Å². The fourth-order valence-electron chi connectivity index (χ4n) is 2.21. The van der Waals surface area contributed by atoms with E-state index >= 15 is 0 Å². The van der Waals surface area contributed by atoms with Gasteiger partial charge < -0.3 is 0 Å². The zero-order valence-electron chi connectivity index (χ0n) is 8.87. The predicted molar refractivity (Wildman–Crippen MR) is 54.0 cm³/mol. The highest BCUT2D eigenvalue weighted by atomic mass is 32.2. The van der Waals surface area contributed by atoms with Gasteiger partial charge in [-0.25, -0.2) is 12.7 Å². The molecule has 78 valence electrons. The highest BCUT2D eigenvalue weighted by molar-refractivity contribution is 7.88.